The zero-order valence-corrected chi connectivity index (χ0v) is 11.0. The molecule has 0 unspecified atom stereocenters. The summed E-state index contributed by atoms with van der Waals surface area (Å²) in [5.74, 6) is -1.10. The summed E-state index contributed by atoms with van der Waals surface area (Å²) in [6.45, 7) is 6.24. The van der Waals surface area contributed by atoms with Gasteiger partial charge < -0.3 is 9.50 Å². The second-order valence-corrected chi connectivity index (χ2v) is 4.43. The molecule has 0 aromatic heterocycles. The molecule has 0 saturated heterocycles. The minimum absolute atomic E-state index is 0.0206. The maximum atomic E-state index is 11.3. The van der Waals surface area contributed by atoms with Gasteiger partial charge in [-0.2, -0.15) is 8.42 Å². The van der Waals surface area contributed by atoms with E-state index in [4.69, 9.17) is 0 Å². The molecule has 0 fully saturated rings. The lowest BCUT2D eigenvalue weighted by atomic mass is 10.3. The molecule has 0 heterocycles. The van der Waals surface area contributed by atoms with E-state index in [2.05, 4.69) is 20.3 Å². The van der Waals surface area contributed by atoms with Gasteiger partial charge >= 0.3 is 16.4 Å². The Bertz CT molecular complexity index is 451. The number of nitrogens with one attached hydrogen (secondary N) is 1. The molecule has 0 radical (unpaired) electrons. The number of carbonyl (C=O) groups is 2. The van der Waals surface area contributed by atoms with Gasteiger partial charge in [0.25, 0.3) is 0 Å². The van der Waals surface area contributed by atoms with Crippen molar-refractivity contribution in [3.63, 3.8) is 0 Å². The number of aldehydes is 1. The fourth-order valence-corrected chi connectivity index (χ4v) is 1.40. The summed E-state index contributed by atoms with van der Waals surface area (Å²) in [6.07, 6.45) is 2.01. The normalized spacial score (nSPS) is 11.8. The second kappa shape index (κ2) is 7.62. The Hall–Kier alpha value is -1.67. The average molecular weight is 277 g/mol. The standard InChI is InChI=1S/C10H15NO6S/c1-4-5-16-18(14,15)17-10(13)8(2)6-11-9(3)7-12/h6-7,11H,3-5H2,1-2H3. The summed E-state index contributed by atoms with van der Waals surface area (Å²) in [7, 11) is -4.34. The van der Waals surface area contributed by atoms with E-state index in [-0.39, 0.29) is 17.9 Å². The fourth-order valence-electron chi connectivity index (χ4n) is 0.662. The topological polar surface area (TPSA) is 98.8 Å². The third kappa shape index (κ3) is 6.81. The van der Waals surface area contributed by atoms with Crippen molar-refractivity contribution in [3.05, 3.63) is 24.0 Å². The predicted octanol–water partition coefficient (Wildman–Crippen LogP) is 0.407. The van der Waals surface area contributed by atoms with E-state index in [1.54, 1.807) is 6.92 Å². The molecule has 0 amide bonds. The van der Waals surface area contributed by atoms with Crippen molar-refractivity contribution in [2.75, 3.05) is 6.61 Å². The first-order chi connectivity index (χ1) is 8.32. The Morgan fingerprint density at radius 1 is 1.44 bits per heavy atom. The van der Waals surface area contributed by atoms with Crippen molar-refractivity contribution in [1.82, 2.24) is 5.32 Å². The van der Waals surface area contributed by atoms with Crippen molar-refractivity contribution < 1.29 is 26.4 Å². The monoisotopic (exact) mass is 277 g/mol. The summed E-state index contributed by atoms with van der Waals surface area (Å²) >= 11 is 0. The van der Waals surface area contributed by atoms with Crippen LogP contribution in [0.2, 0.25) is 0 Å². The van der Waals surface area contributed by atoms with Crippen molar-refractivity contribution in [3.8, 4) is 0 Å². The quantitative estimate of drug-likeness (QED) is 0.506. The van der Waals surface area contributed by atoms with Crippen molar-refractivity contribution >= 4 is 22.7 Å². The van der Waals surface area contributed by atoms with Gasteiger partial charge in [-0.15, -0.1) is 0 Å². The van der Waals surface area contributed by atoms with E-state index >= 15 is 0 Å². The maximum Gasteiger partial charge on any atom is 0.451 e. The van der Waals surface area contributed by atoms with Crippen LogP contribution < -0.4 is 5.32 Å². The molecule has 0 saturated carbocycles. The van der Waals surface area contributed by atoms with E-state index in [0.717, 1.165) is 6.20 Å². The highest BCUT2D eigenvalue weighted by Crippen LogP contribution is 2.03. The first-order valence-electron chi connectivity index (χ1n) is 5.03. The van der Waals surface area contributed by atoms with Crippen LogP contribution >= 0.6 is 0 Å². The Kier molecular flexibility index (Phi) is 6.91. The van der Waals surface area contributed by atoms with Crippen LogP contribution in [-0.4, -0.2) is 27.3 Å². The third-order valence-corrected chi connectivity index (χ3v) is 2.36. The third-order valence-electron chi connectivity index (χ3n) is 1.55. The van der Waals surface area contributed by atoms with Crippen molar-refractivity contribution in [2.24, 2.45) is 0 Å². The molecule has 0 atom stereocenters. The first-order valence-corrected chi connectivity index (χ1v) is 6.36. The molecule has 0 rings (SSSR count). The number of allylic oxidation sites excluding steroid dienone is 1. The van der Waals surface area contributed by atoms with Gasteiger partial charge in [-0.05, 0) is 13.3 Å². The highest BCUT2D eigenvalue weighted by Gasteiger charge is 2.18. The summed E-state index contributed by atoms with van der Waals surface area (Å²) in [5.41, 5.74) is -0.0334. The van der Waals surface area contributed by atoms with E-state index < -0.39 is 16.4 Å². The molecule has 0 aromatic rings. The molecule has 0 aromatic carbocycles. The Morgan fingerprint density at radius 3 is 2.56 bits per heavy atom. The van der Waals surface area contributed by atoms with Crippen molar-refractivity contribution in [1.29, 1.82) is 0 Å². The van der Waals surface area contributed by atoms with E-state index in [0.29, 0.717) is 12.7 Å². The van der Waals surface area contributed by atoms with Crippen LogP contribution in [0.3, 0.4) is 0 Å². The molecular formula is C10H15NO6S. The predicted molar refractivity (Wildman–Crippen MR) is 63.4 cm³/mol. The number of hydrogen-bond donors (Lipinski definition) is 1. The molecule has 1 N–H and O–H groups in total. The minimum atomic E-state index is -4.34. The van der Waals surface area contributed by atoms with Crippen LogP contribution in [0.4, 0.5) is 0 Å². The Balaban J connectivity index is 4.48. The van der Waals surface area contributed by atoms with Gasteiger partial charge in [-0.25, -0.2) is 8.98 Å². The fraction of sp³-hybridized carbons (Fsp3) is 0.400. The molecular weight excluding hydrogens is 262 g/mol. The smallest absolute Gasteiger partial charge is 0.359 e. The van der Waals surface area contributed by atoms with Gasteiger partial charge in [0.15, 0.2) is 6.29 Å². The second-order valence-electron chi connectivity index (χ2n) is 3.22. The molecule has 102 valence electrons. The van der Waals surface area contributed by atoms with Gasteiger partial charge in [0.1, 0.15) is 0 Å². The van der Waals surface area contributed by atoms with Gasteiger partial charge in [0, 0.05) is 6.20 Å². The van der Waals surface area contributed by atoms with E-state index in [9.17, 15) is 18.0 Å². The molecule has 0 aliphatic heterocycles. The molecule has 0 bridgehead atoms. The zero-order chi connectivity index (χ0) is 14.2. The molecule has 18 heavy (non-hydrogen) atoms. The van der Waals surface area contributed by atoms with Crippen LogP contribution in [0.5, 0.6) is 0 Å². The van der Waals surface area contributed by atoms with Gasteiger partial charge in [-0.3, -0.25) is 4.79 Å². The lowest BCUT2D eigenvalue weighted by Gasteiger charge is -2.05. The molecule has 0 aliphatic rings. The maximum absolute atomic E-state index is 11.3. The zero-order valence-electron chi connectivity index (χ0n) is 10.1. The number of carbonyl (C=O) groups excluding carboxylic acids is 2. The highest BCUT2D eigenvalue weighted by molar-refractivity contribution is 7.82. The molecule has 0 aliphatic carbocycles. The number of hydrogen-bond acceptors (Lipinski definition) is 7. The van der Waals surface area contributed by atoms with Crippen molar-refractivity contribution in [2.45, 2.75) is 20.3 Å². The lowest BCUT2D eigenvalue weighted by molar-refractivity contribution is -0.130. The van der Waals surface area contributed by atoms with Gasteiger partial charge in [0.2, 0.25) is 0 Å². The summed E-state index contributed by atoms with van der Waals surface area (Å²) < 4.78 is 30.7. The highest BCUT2D eigenvalue weighted by atomic mass is 32.3. The Morgan fingerprint density at radius 2 is 2.06 bits per heavy atom. The van der Waals surface area contributed by atoms with Crippen LogP contribution in [0.25, 0.3) is 0 Å². The molecule has 7 nitrogen and oxygen atoms in total. The van der Waals surface area contributed by atoms with Gasteiger partial charge in [0.05, 0.1) is 17.9 Å². The van der Waals surface area contributed by atoms with Crippen LogP contribution in [0.1, 0.15) is 20.3 Å². The summed E-state index contributed by atoms with van der Waals surface area (Å²) in [6, 6.07) is 0. The SMILES string of the molecule is C=C(C=O)NC=C(C)C(=O)OS(=O)(=O)OCCC. The van der Waals surface area contributed by atoms with E-state index in [1.807, 2.05) is 0 Å². The minimum Gasteiger partial charge on any atom is -0.359 e. The molecule has 8 heteroatoms. The molecule has 0 spiro atoms. The van der Waals surface area contributed by atoms with Crippen LogP contribution in [0, 0.1) is 0 Å². The Labute approximate surface area is 106 Å². The number of rotatable bonds is 8. The largest absolute Gasteiger partial charge is 0.451 e. The summed E-state index contributed by atoms with van der Waals surface area (Å²) in [5, 5.41) is 2.38. The van der Waals surface area contributed by atoms with Gasteiger partial charge in [-0.1, -0.05) is 13.5 Å². The lowest BCUT2D eigenvalue weighted by Crippen LogP contribution is -2.18. The van der Waals surface area contributed by atoms with Crippen LogP contribution in [0.15, 0.2) is 24.0 Å². The average Bonchev–Trinajstić information content (AvgIpc) is 2.32. The van der Waals surface area contributed by atoms with E-state index in [1.165, 1.54) is 6.92 Å². The first kappa shape index (κ1) is 16.3. The summed E-state index contributed by atoms with van der Waals surface area (Å²) in [4.78, 5) is 21.5. The van der Waals surface area contributed by atoms with Crippen LogP contribution in [-0.2, 0) is 28.4 Å².